The average molecular weight is 294 g/mol. The molecule has 1 fully saturated rings. The Morgan fingerprint density at radius 3 is 2.85 bits per heavy atom. The highest BCUT2D eigenvalue weighted by Crippen LogP contribution is 2.35. The van der Waals surface area contributed by atoms with E-state index in [1.165, 1.54) is 4.88 Å². The van der Waals surface area contributed by atoms with Gasteiger partial charge in [-0.2, -0.15) is 0 Å². The lowest BCUT2D eigenvalue weighted by Crippen LogP contribution is -2.41. The molecule has 4 nitrogen and oxygen atoms in total. The maximum atomic E-state index is 12.3. The molecule has 2 unspecified atom stereocenters. The third-order valence-corrected chi connectivity index (χ3v) is 4.76. The van der Waals surface area contributed by atoms with Gasteiger partial charge in [-0.05, 0) is 23.3 Å². The first-order valence-corrected chi connectivity index (χ1v) is 7.85. The number of amides is 2. The van der Waals surface area contributed by atoms with Gasteiger partial charge in [0.1, 0.15) is 5.92 Å². The van der Waals surface area contributed by atoms with Crippen molar-refractivity contribution in [3.8, 4) is 0 Å². The number of thiophene rings is 1. The summed E-state index contributed by atoms with van der Waals surface area (Å²) in [4.78, 5) is 25.4. The number of hydrogen-bond acceptors (Lipinski definition) is 3. The van der Waals surface area contributed by atoms with Crippen LogP contribution in [0.4, 0.5) is 0 Å². The Hall–Kier alpha value is -1.36. The molecule has 2 atom stereocenters. The fourth-order valence-corrected chi connectivity index (χ4v) is 3.31. The largest absolute Gasteiger partial charge is 0.355 e. The number of carbonyl (C=O) groups excluding carboxylic acids is 2. The highest BCUT2D eigenvalue weighted by molar-refractivity contribution is 7.09. The SMILES string of the molecule is CC(C)(C)C1CNC(=O)C1C(=O)NCCc1cccs1. The number of carbonyl (C=O) groups is 2. The van der Waals surface area contributed by atoms with Crippen LogP contribution in [0.15, 0.2) is 17.5 Å². The van der Waals surface area contributed by atoms with Crippen molar-refractivity contribution in [2.24, 2.45) is 17.3 Å². The fourth-order valence-electron chi connectivity index (χ4n) is 2.60. The standard InChI is InChI=1S/C15H22N2O2S/c1-15(2,3)11-9-17-14(19)12(11)13(18)16-7-6-10-5-4-8-20-10/h4-5,8,11-12H,6-7,9H2,1-3H3,(H,16,18)(H,17,19). The van der Waals surface area contributed by atoms with Crippen molar-refractivity contribution >= 4 is 23.2 Å². The Morgan fingerprint density at radius 1 is 1.50 bits per heavy atom. The van der Waals surface area contributed by atoms with Crippen molar-refractivity contribution in [3.63, 3.8) is 0 Å². The minimum atomic E-state index is -0.557. The van der Waals surface area contributed by atoms with E-state index >= 15 is 0 Å². The topological polar surface area (TPSA) is 58.2 Å². The van der Waals surface area contributed by atoms with E-state index in [1.54, 1.807) is 11.3 Å². The first-order chi connectivity index (χ1) is 9.39. The first-order valence-electron chi connectivity index (χ1n) is 6.97. The normalized spacial score (nSPS) is 22.6. The summed E-state index contributed by atoms with van der Waals surface area (Å²) in [7, 11) is 0. The van der Waals surface area contributed by atoms with E-state index in [2.05, 4.69) is 37.5 Å². The lowest BCUT2D eigenvalue weighted by molar-refractivity contribution is -0.135. The Bertz CT molecular complexity index is 477. The molecule has 2 rings (SSSR count). The molecule has 20 heavy (non-hydrogen) atoms. The highest BCUT2D eigenvalue weighted by Gasteiger charge is 2.45. The van der Waals surface area contributed by atoms with Gasteiger partial charge in [-0.1, -0.05) is 26.8 Å². The summed E-state index contributed by atoms with van der Waals surface area (Å²) in [6, 6.07) is 4.05. The second kappa shape index (κ2) is 5.95. The molecule has 5 heteroatoms. The molecular weight excluding hydrogens is 272 g/mol. The molecule has 1 aromatic rings. The quantitative estimate of drug-likeness (QED) is 0.832. The van der Waals surface area contributed by atoms with Crippen LogP contribution in [0.25, 0.3) is 0 Å². The maximum Gasteiger partial charge on any atom is 0.232 e. The van der Waals surface area contributed by atoms with Crippen LogP contribution >= 0.6 is 11.3 Å². The van der Waals surface area contributed by atoms with Crippen molar-refractivity contribution in [2.45, 2.75) is 27.2 Å². The molecule has 0 radical (unpaired) electrons. The predicted molar refractivity (Wildman–Crippen MR) is 80.5 cm³/mol. The Kier molecular flexibility index (Phi) is 4.48. The van der Waals surface area contributed by atoms with Crippen LogP contribution in [-0.4, -0.2) is 24.9 Å². The molecule has 1 aromatic heterocycles. The van der Waals surface area contributed by atoms with Crippen molar-refractivity contribution in [3.05, 3.63) is 22.4 Å². The van der Waals surface area contributed by atoms with Crippen LogP contribution in [0.3, 0.4) is 0 Å². The van der Waals surface area contributed by atoms with E-state index in [0.29, 0.717) is 13.1 Å². The molecule has 2 amide bonds. The van der Waals surface area contributed by atoms with Gasteiger partial charge in [-0.25, -0.2) is 0 Å². The third-order valence-electron chi connectivity index (χ3n) is 3.83. The third kappa shape index (κ3) is 3.39. The predicted octanol–water partition coefficient (Wildman–Crippen LogP) is 1.82. The van der Waals surface area contributed by atoms with E-state index in [0.717, 1.165) is 6.42 Å². The summed E-state index contributed by atoms with van der Waals surface area (Å²) in [6.45, 7) is 7.39. The Morgan fingerprint density at radius 2 is 2.25 bits per heavy atom. The van der Waals surface area contributed by atoms with Gasteiger partial charge in [-0.15, -0.1) is 11.3 Å². The molecule has 2 N–H and O–H groups in total. The molecule has 0 aliphatic carbocycles. The average Bonchev–Trinajstić information content (AvgIpc) is 2.97. The van der Waals surface area contributed by atoms with Crippen LogP contribution < -0.4 is 10.6 Å². The minimum absolute atomic E-state index is 0.0525. The zero-order valence-corrected chi connectivity index (χ0v) is 13.0. The number of rotatable bonds is 4. The molecule has 1 aliphatic rings. The molecule has 1 saturated heterocycles. The molecule has 110 valence electrons. The Balaban J connectivity index is 1.91. The summed E-state index contributed by atoms with van der Waals surface area (Å²) in [5.74, 6) is -0.787. The van der Waals surface area contributed by atoms with Crippen LogP contribution in [0, 0.1) is 17.3 Å². The molecule has 0 bridgehead atoms. The molecule has 0 saturated carbocycles. The van der Waals surface area contributed by atoms with Crippen molar-refractivity contribution in [1.29, 1.82) is 0 Å². The highest BCUT2D eigenvalue weighted by atomic mass is 32.1. The van der Waals surface area contributed by atoms with Crippen LogP contribution in [-0.2, 0) is 16.0 Å². The van der Waals surface area contributed by atoms with Crippen molar-refractivity contribution in [1.82, 2.24) is 10.6 Å². The second-order valence-electron chi connectivity index (χ2n) is 6.32. The van der Waals surface area contributed by atoms with Gasteiger partial charge in [0.15, 0.2) is 0 Å². The summed E-state index contributed by atoms with van der Waals surface area (Å²) < 4.78 is 0. The van der Waals surface area contributed by atoms with E-state index in [1.807, 2.05) is 11.4 Å². The number of nitrogens with one attached hydrogen (secondary N) is 2. The second-order valence-corrected chi connectivity index (χ2v) is 7.35. The lowest BCUT2D eigenvalue weighted by Gasteiger charge is -2.29. The van der Waals surface area contributed by atoms with Gasteiger partial charge in [0.2, 0.25) is 11.8 Å². The monoisotopic (exact) mass is 294 g/mol. The summed E-state index contributed by atoms with van der Waals surface area (Å²) in [5, 5.41) is 7.74. The van der Waals surface area contributed by atoms with Crippen LogP contribution in [0.1, 0.15) is 25.6 Å². The van der Waals surface area contributed by atoms with Crippen molar-refractivity contribution < 1.29 is 9.59 Å². The Labute approximate surface area is 124 Å². The summed E-state index contributed by atoms with van der Waals surface area (Å²) >= 11 is 1.68. The van der Waals surface area contributed by atoms with Gasteiger partial charge >= 0.3 is 0 Å². The van der Waals surface area contributed by atoms with Gasteiger partial charge in [0, 0.05) is 23.9 Å². The smallest absolute Gasteiger partial charge is 0.232 e. The van der Waals surface area contributed by atoms with E-state index in [-0.39, 0.29) is 23.1 Å². The molecular formula is C15H22N2O2S. The molecule has 0 aromatic carbocycles. The minimum Gasteiger partial charge on any atom is -0.355 e. The molecule has 0 spiro atoms. The van der Waals surface area contributed by atoms with E-state index in [4.69, 9.17) is 0 Å². The van der Waals surface area contributed by atoms with E-state index in [9.17, 15) is 9.59 Å². The fraction of sp³-hybridized carbons (Fsp3) is 0.600. The lowest BCUT2D eigenvalue weighted by atomic mass is 9.74. The number of hydrogen-bond donors (Lipinski definition) is 2. The zero-order valence-electron chi connectivity index (χ0n) is 12.2. The molecule has 1 aliphatic heterocycles. The van der Waals surface area contributed by atoms with Gasteiger partial charge in [-0.3, -0.25) is 9.59 Å². The summed E-state index contributed by atoms with van der Waals surface area (Å²) in [6.07, 6.45) is 0.817. The van der Waals surface area contributed by atoms with Gasteiger partial charge in [0.25, 0.3) is 0 Å². The van der Waals surface area contributed by atoms with Crippen LogP contribution in [0.5, 0.6) is 0 Å². The molecule has 2 heterocycles. The maximum absolute atomic E-state index is 12.3. The zero-order chi connectivity index (χ0) is 14.8. The van der Waals surface area contributed by atoms with Gasteiger partial charge in [0.05, 0.1) is 0 Å². The van der Waals surface area contributed by atoms with E-state index < -0.39 is 5.92 Å². The summed E-state index contributed by atoms with van der Waals surface area (Å²) in [5.41, 5.74) is -0.0606. The van der Waals surface area contributed by atoms with Crippen molar-refractivity contribution in [2.75, 3.05) is 13.1 Å². The van der Waals surface area contributed by atoms with Gasteiger partial charge < -0.3 is 10.6 Å². The van der Waals surface area contributed by atoms with Crippen LogP contribution in [0.2, 0.25) is 0 Å². The first kappa shape index (κ1) is 15.0.